The molecular formula is C21H25N3O3. The Labute approximate surface area is 159 Å². The molecule has 0 unspecified atom stereocenters. The molecule has 4 rings (SSSR count). The van der Waals surface area contributed by atoms with Crippen molar-refractivity contribution in [3.63, 3.8) is 0 Å². The molecule has 1 aliphatic carbocycles. The smallest absolute Gasteiger partial charge is 0.313 e. The van der Waals surface area contributed by atoms with Crippen molar-refractivity contribution in [2.24, 2.45) is 0 Å². The van der Waals surface area contributed by atoms with Gasteiger partial charge in [0.25, 0.3) is 0 Å². The maximum Gasteiger partial charge on any atom is 0.313 e. The fourth-order valence-corrected chi connectivity index (χ4v) is 4.27. The van der Waals surface area contributed by atoms with Crippen LogP contribution in [-0.4, -0.2) is 30.8 Å². The van der Waals surface area contributed by atoms with E-state index >= 15 is 0 Å². The van der Waals surface area contributed by atoms with E-state index in [2.05, 4.69) is 16.7 Å². The van der Waals surface area contributed by atoms with Crippen molar-refractivity contribution in [3.05, 3.63) is 34.9 Å². The minimum absolute atomic E-state index is 0.172. The number of carbonyl (C=O) groups excluding carboxylic acids is 3. The van der Waals surface area contributed by atoms with Crippen LogP contribution in [0.4, 0.5) is 11.4 Å². The fourth-order valence-electron chi connectivity index (χ4n) is 4.27. The first kappa shape index (κ1) is 17.8. The van der Waals surface area contributed by atoms with E-state index in [4.69, 9.17) is 0 Å². The van der Waals surface area contributed by atoms with E-state index in [1.54, 1.807) is 0 Å². The van der Waals surface area contributed by atoms with Crippen LogP contribution in [0.5, 0.6) is 0 Å². The SMILES string of the molecule is O=C(NCCC1=CCCCC1)C(=O)Nc1cc2c3c(c1)CCN3C(=O)CC2. The van der Waals surface area contributed by atoms with Gasteiger partial charge >= 0.3 is 11.8 Å². The average Bonchev–Trinajstić information content (AvgIpc) is 3.11. The van der Waals surface area contributed by atoms with Gasteiger partial charge < -0.3 is 15.5 Å². The van der Waals surface area contributed by atoms with E-state index in [0.717, 1.165) is 42.5 Å². The van der Waals surface area contributed by atoms with Crippen molar-refractivity contribution in [2.45, 2.75) is 51.4 Å². The maximum atomic E-state index is 12.2. The van der Waals surface area contributed by atoms with Crippen LogP contribution < -0.4 is 15.5 Å². The first-order valence-electron chi connectivity index (χ1n) is 9.85. The van der Waals surface area contributed by atoms with Crippen LogP contribution >= 0.6 is 0 Å². The topological polar surface area (TPSA) is 78.5 Å². The Morgan fingerprint density at radius 1 is 1.00 bits per heavy atom. The van der Waals surface area contributed by atoms with Crippen molar-refractivity contribution in [1.29, 1.82) is 0 Å². The molecule has 142 valence electrons. The predicted octanol–water partition coefficient (Wildman–Crippen LogP) is 2.47. The second-order valence-corrected chi connectivity index (χ2v) is 7.51. The fraction of sp³-hybridized carbons (Fsp3) is 0.476. The molecule has 0 saturated carbocycles. The molecule has 0 atom stereocenters. The van der Waals surface area contributed by atoms with Crippen LogP contribution in [0, 0.1) is 0 Å². The lowest BCUT2D eigenvalue weighted by Gasteiger charge is -2.25. The van der Waals surface area contributed by atoms with Crippen molar-refractivity contribution in [2.75, 3.05) is 23.3 Å². The van der Waals surface area contributed by atoms with Gasteiger partial charge in [0.05, 0.1) is 5.69 Å². The van der Waals surface area contributed by atoms with Gasteiger partial charge in [-0.15, -0.1) is 0 Å². The van der Waals surface area contributed by atoms with Crippen LogP contribution in [0.25, 0.3) is 0 Å². The molecule has 2 heterocycles. The van der Waals surface area contributed by atoms with Crippen molar-refractivity contribution in [3.8, 4) is 0 Å². The number of benzene rings is 1. The van der Waals surface area contributed by atoms with Gasteiger partial charge in [0.15, 0.2) is 0 Å². The summed E-state index contributed by atoms with van der Waals surface area (Å²) in [5, 5.41) is 5.43. The Morgan fingerprint density at radius 3 is 2.59 bits per heavy atom. The van der Waals surface area contributed by atoms with Gasteiger partial charge in [-0.3, -0.25) is 14.4 Å². The highest BCUT2D eigenvalue weighted by Crippen LogP contribution is 2.38. The highest BCUT2D eigenvalue weighted by molar-refractivity contribution is 6.39. The van der Waals surface area contributed by atoms with Gasteiger partial charge in [-0.2, -0.15) is 0 Å². The second kappa shape index (κ2) is 7.55. The van der Waals surface area contributed by atoms with Crippen LogP contribution in [-0.2, 0) is 27.2 Å². The molecule has 0 saturated heterocycles. The number of anilines is 2. The highest BCUT2D eigenvalue weighted by Gasteiger charge is 2.31. The lowest BCUT2D eigenvalue weighted by Crippen LogP contribution is -2.36. The molecule has 0 spiro atoms. The first-order chi connectivity index (χ1) is 13.1. The van der Waals surface area contributed by atoms with Gasteiger partial charge in [0.2, 0.25) is 5.91 Å². The summed E-state index contributed by atoms with van der Waals surface area (Å²) in [6, 6.07) is 3.77. The first-order valence-corrected chi connectivity index (χ1v) is 9.85. The molecular weight excluding hydrogens is 342 g/mol. The summed E-state index contributed by atoms with van der Waals surface area (Å²) in [6.45, 7) is 1.19. The normalized spacial score (nSPS) is 18.0. The Morgan fingerprint density at radius 2 is 1.81 bits per heavy atom. The number of nitrogens with zero attached hydrogens (tertiary/aromatic N) is 1. The maximum absolute atomic E-state index is 12.2. The molecule has 0 aromatic heterocycles. The minimum atomic E-state index is -0.637. The standard InChI is InChI=1S/C21H25N3O3/c25-18-7-6-15-12-17(13-16-9-11-24(18)19(15)16)23-21(27)20(26)22-10-8-14-4-2-1-3-5-14/h4,12-13H,1-3,5-11H2,(H,22,26)(H,23,27). The third-order valence-electron chi connectivity index (χ3n) is 5.63. The van der Waals surface area contributed by atoms with E-state index in [1.807, 2.05) is 17.0 Å². The highest BCUT2D eigenvalue weighted by atomic mass is 16.2. The van der Waals surface area contributed by atoms with Crippen LogP contribution in [0.15, 0.2) is 23.8 Å². The van der Waals surface area contributed by atoms with E-state index in [9.17, 15) is 14.4 Å². The summed E-state index contributed by atoms with van der Waals surface area (Å²) in [5.41, 5.74) is 5.16. The van der Waals surface area contributed by atoms with Crippen LogP contribution in [0.1, 0.15) is 49.7 Å². The molecule has 0 radical (unpaired) electrons. The minimum Gasteiger partial charge on any atom is -0.348 e. The Balaban J connectivity index is 1.35. The zero-order valence-corrected chi connectivity index (χ0v) is 15.5. The van der Waals surface area contributed by atoms with Gasteiger partial charge in [-0.1, -0.05) is 11.6 Å². The summed E-state index contributed by atoms with van der Waals surface area (Å²) in [6.07, 6.45) is 9.71. The van der Waals surface area contributed by atoms with E-state index in [0.29, 0.717) is 31.6 Å². The van der Waals surface area contributed by atoms with Crippen molar-refractivity contribution in [1.82, 2.24) is 5.32 Å². The van der Waals surface area contributed by atoms with Crippen molar-refractivity contribution >= 4 is 29.1 Å². The Kier molecular flexibility index (Phi) is 4.97. The number of hydrogen-bond donors (Lipinski definition) is 2. The Hall–Kier alpha value is -2.63. The quantitative estimate of drug-likeness (QED) is 0.634. The zero-order chi connectivity index (χ0) is 18.8. The molecule has 27 heavy (non-hydrogen) atoms. The molecule has 6 nitrogen and oxygen atoms in total. The molecule has 1 aromatic carbocycles. The number of rotatable bonds is 4. The van der Waals surface area contributed by atoms with Gasteiger partial charge in [-0.05, 0) is 68.2 Å². The number of carbonyl (C=O) groups is 3. The summed E-state index contributed by atoms with van der Waals surface area (Å²) < 4.78 is 0. The number of nitrogens with one attached hydrogen (secondary N) is 2. The lowest BCUT2D eigenvalue weighted by molar-refractivity contribution is -0.136. The number of hydrogen-bond acceptors (Lipinski definition) is 3. The van der Waals surface area contributed by atoms with Crippen LogP contribution in [0.2, 0.25) is 0 Å². The average molecular weight is 367 g/mol. The summed E-state index contributed by atoms with van der Waals surface area (Å²) in [4.78, 5) is 38.1. The van der Waals surface area contributed by atoms with Crippen molar-refractivity contribution < 1.29 is 14.4 Å². The predicted molar refractivity (Wildman–Crippen MR) is 104 cm³/mol. The molecule has 3 amide bonds. The lowest BCUT2D eigenvalue weighted by atomic mass is 9.97. The number of allylic oxidation sites excluding steroid dienone is 1. The summed E-state index contributed by atoms with van der Waals surface area (Å²) >= 11 is 0. The monoisotopic (exact) mass is 367 g/mol. The third-order valence-corrected chi connectivity index (χ3v) is 5.63. The second-order valence-electron chi connectivity index (χ2n) is 7.51. The van der Waals surface area contributed by atoms with E-state index < -0.39 is 11.8 Å². The summed E-state index contributed by atoms with van der Waals surface area (Å²) in [5.74, 6) is -1.07. The molecule has 2 aliphatic heterocycles. The molecule has 3 aliphatic rings. The largest absolute Gasteiger partial charge is 0.348 e. The molecule has 0 fully saturated rings. The third kappa shape index (κ3) is 3.75. The summed E-state index contributed by atoms with van der Waals surface area (Å²) in [7, 11) is 0. The molecule has 6 heteroatoms. The molecule has 0 bridgehead atoms. The zero-order valence-electron chi connectivity index (χ0n) is 15.5. The number of amides is 3. The van der Waals surface area contributed by atoms with Gasteiger partial charge in [0.1, 0.15) is 0 Å². The van der Waals surface area contributed by atoms with Gasteiger partial charge in [-0.25, -0.2) is 0 Å². The molecule has 2 N–H and O–H groups in total. The molecule has 1 aromatic rings. The number of aryl methyl sites for hydroxylation is 1. The van der Waals surface area contributed by atoms with E-state index in [-0.39, 0.29) is 5.91 Å². The van der Waals surface area contributed by atoms with Gasteiger partial charge in [0, 0.05) is 25.2 Å². The van der Waals surface area contributed by atoms with Crippen LogP contribution in [0.3, 0.4) is 0 Å². The Bertz CT molecular complexity index is 828. The van der Waals surface area contributed by atoms with E-state index in [1.165, 1.54) is 18.4 Å².